The van der Waals surface area contributed by atoms with Crippen LogP contribution in [0.1, 0.15) is 37.0 Å². The number of aromatic nitrogens is 1. The lowest BCUT2D eigenvalue weighted by Gasteiger charge is -2.07. The van der Waals surface area contributed by atoms with Crippen LogP contribution in [-0.2, 0) is 10.0 Å². The van der Waals surface area contributed by atoms with E-state index in [-0.39, 0.29) is 10.6 Å². The van der Waals surface area contributed by atoms with Gasteiger partial charge in [0.05, 0.1) is 5.56 Å². The fourth-order valence-corrected chi connectivity index (χ4v) is 2.46. The Labute approximate surface area is 112 Å². The summed E-state index contributed by atoms with van der Waals surface area (Å²) in [7, 11) is -3.65. The highest BCUT2D eigenvalue weighted by atomic mass is 32.2. The summed E-state index contributed by atoms with van der Waals surface area (Å²) in [5.74, 6) is -0.612. The van der Waals surface area contributed by atoms with Crippen molar-refractivity contribution in [3.05, 3.63) is 23.9 Å². The first-order chi connectivity index (χ1) is 8.83. The van der Waals surface area contributed by atoms with Crippen molar-refractivity contribution >= 4 is 16.0 Å². The quantitative estimate of drug-likeness (QED) is 0.740. The Bertz CT molecular complexity index is 523. The first-order valence-corrected chi connectivity index (χ1v) is 7.50. The maximum atomic E-state index is 11.8. The lowest BCUT2D eigenvalue weighted by Crippen LogP contribution is -2.26. The van der Waals surface area contributed by atoms with Crippen LogP contribution < -0.4 is 4.72 Å². The Morgan fingerprint density at radius 2 is 2.11 bits per heavy atom. The molecular formula is C12H18N2O4S. The van der Waals surface area contributed by atoms with E-state index in [0.29, 0.717) is 12.5 Å². The third kappa shape index (κ3) is 4.96. The number of nitrogens with one attached hydrogen (secondary N) is 1. The molecule has 0 aliphatic carbocycles. The minimum atomic E-state index is -3.65. The summed E-state index contributed by atoms with van der Waals surface area (Å²) in [6.07, 6.45) is 2.73. The first-order valence-electron chi connectivity index (χ1n) is 6.02. The fraction of sp³-hybridized carbons (Fsp3) is 0.500. The Kier molecular flexibility index (Phi) is 5.44. The molecule has 0 aromatic carbocycles. The second-order valence-corrected chi connectivity index (χ2v) is 6.34. The van der Waals surface area contributed by atoms with Gasteiger partial charge < -0.3 is 5.11 Å². The van der Waals surface area contributed by atoms with E-state index in [0.717, 1.165) is 19.0 Å². The fourth-order valence-electron chi connectivity index (χ4n) is 1.46. The standard InChI is InChI=1S/C12H18N2O4S/c1-9(2)4-3-7-14-19(17,18)11-6-5-10(8-13-11)12(15)16/h5-6,8-9,14H,3-4,7H2,1-2H3,(H,15,16). The summed E-state index contributed by atoms with van der Waals surface area (Å²) in [5, 5.41) is 8.53. The summed E-state index contributed by atoms with van der Waals surface area (Å²) in [6, 6.07) is 2.41. The molecule has 0 aliphatic rings. The number of nitrogens with zero attached hydrogens (tertiary/aromatic N) is 1. The zero-order valence-electron chi connectivity index (χ0n) is 11.0. The topological polar surface area (TPSA) is 96.4 Å². The number of carboxylic acid groups (broad SMARTS) is 1. The van der Waals surface area contributed by atoms with Crippen LogP contribution in [0.2, 0.25) is 0 Å². The largest absolute Gasteiger partial charge is 0.478 e. The van der Waals surface area contributed by atoms with Crippen LogP contribution in [0.5, 0.6) is 0 Å². The molecule has 0 saturated heterocycles. The zero-order chi connectivity index (χ0) is 14.5. The molecule has 0 amide bonds. The van der Waals surface area contributed by atoms with Crippen molar-refractivity contribution in [1.29, 1.82) is 0 Å². The van der Waals surface area contributed by atoms with E-state index in [4.69, 9.17) is 5.11 Å². The van der Waals surface area contributed by atoms with E-state index >= 15 is 0 Å². The number of rotatable bonds is 7. The lowest BCUT2D eigenvalue weighted by atomic mass is 10.1. The highest BCUT2D eigenvalue weighted by Crippen LogP contribution is 2.08. The van der Waals surface area contributed by atoms with Crippen molar-refractivity contribution in [2.24, 2.45) is 5.92 Å². The molecule has 0 bridgehead atoms. The molecule has 0 unspecified atom stereocenters. The predicted molar refractivity (Wildman–Crippen MR) is 70.5 cm³/mol. The maximum Gasteiger partial charge on any atom is 0.337 e. The Hall–Kier alpha value is -1.47. The normalized spacial score (nSPS) is 11.7. The highest BCUT2D eigenvalue weighted by Gasteiger charge is 2.15. The van der Waals surface area contributed by atoms with Crippen LogP contribution in [0.25, 0.3) is 0 Å². The molecule has 1 heterocycles. The van der Waals surface area contributed by atoms with E-state index in [2.05, 4.69) is 23.6 Å². The number of carboxylic acids is 1. The molecule has 1 aromatic rings. The second kappa shape index (κ2) is 6.63. The molecule has 1 aromatic heterocycles. The van der Waals surface area contributed by atoms with Gasteiger partial charge in [-0.15, -0.1) is 0 Å². The Morgan fingerprint density at radius 3 is 2.58 bits per heavy atom. The van der Waals surface area contributed by atoms with Crippen LogP contribution in [-0.4, -0.2) is 31.0 Å². The number of carbonyl (C=O) groups is 1. The van der Waals surface area contributed by atoms with Crippen LogP contribution in [0.3, 0.4) is 0 Å². The van der Waals surface area contributed by atoms with Gasteiger partial charge in [0.2, 0.25) is 0 Å². The van der Waals surface area contributed by atoms with Crippen molar-refractivity contribution in [1.82, 2.24) is 9.71 Å². The molecule has 1 rings (SSSR count). The molecule has 7 heteroatoms. The van der Waals surface area contributed by atoms with Crippen molar-refractivity contribution < 1.29 is 18.3 Å². The minimum absolute atomic E-state index is 0.0428. The third-order valence-electron chi connectivity index (χ3n) is 2.51. The van der Waals surface area contributed by atoms with Gasteiger partial charge in [-0.05, 0) is 30.9 Å². The minimum Gasteiger partial charge on any atom is -0.478 e. The maximum absolute atomic E-state index is 11.8. The predicted octanol–water partition coefficient (Wildman–Crippen LogP) is 1.49. The second-order valence-electron chi connectivity index (χ2n) is 4.62. The first kappa shape index (κ1) is 15.6. The number of pyridine rings is 1. The van der Waals surface area contributed by atoms with Gasteiger partial charge in [0.25, 0.3) is 10.0 Å². The number of hydrogen-bond acceptors (Lipinski definition) is 4. The molecule has 0 atom stereocenters. The number of aromatic carboxylic acids is 1. The van der Waals surface area contributed by atoms with E-state index in [9.17, 15) is 13.2 Å². The SMILES string of the molecule is CC(C)CCCNS(=O)(=O)c1ccc(C(=O)O)cn1. The van der Waals surface area contributed by atoms with Crippen molar-refractivity contribution in [2.45, 2.75) is 31.7 Å². The van der Waals surface area contributed by atoms with Gasteiger partial charge in [-0.2, -0.15) is 0 Å². The van der Waals surface area contributed by atoms with Gasteiger partial charge in [0.15, 0.2) is 5.03 Å². The Morgan fingerprint density at radius 1 is 1.42 bits per heavy atom. The summed E-state index contributed by atoms with van der Waals surface area (Å²) in [5.41, 5.74) is -0.0428. The van der Waals surface area contributed by atoms with Crippen LogP contribution in [0.15, 0.2) is 23.4 Å². The van der Waals surface area contributed by atoms with Gasteiger partial charge in [-0.1, -0.05) is 13.8 Å². The smallest absolute Gasteiger partial charge is 0.337 e. The van der Waals surface area contributed by atoms with Crippen molar-refractivity contribution in [3.63, 3.8) is 0 Å². The summed E-state index contributed by atoms with van der Waals surface area (Å²) < 4.78 is 26.1. The van der Waals surface area contributed by atoms with E-state index in [1.165, 1.54) is 12.1 Å². The summed E-state index contributed by atoms with van der Waals surface area (Å²) in [4.78, 5) is 14.3. The van der Waals surface area contributed by atoms with Gasteiger partial charge in [-0.3, -0.25) is 0 Å². The third-order valence-corrected chi connectivity index (χ3v) is 3.89. The molecule has 0 saturated carbocycles. The molecule has 106 valence electrons. The van der Waals surface area contributed by atoms with Crippen LogP contribution in [0, 0.1) is 5.92 Å². The van der Waals surface area contributed by atoms with E-state index in [1.54, 1.807) is 0 Å². The molecular weight excluding hydrogens is 268 g/mol. The average molecular weight is 286 g/mol. The lowest BCUT2D eigenvalue weighted by molar-refractivity contribution is 0.0696. The van der Waals surface area contributed by atoms with Crippen molar-refractivity contribution in [3.8, 4) is 0 Å². The average Bonchev–Trinajstić information content (AvgIpc) is 2.34. The van der Waals surface area contributed by atoms with Crippen LogP contribution >= 0.6 is 0 Å². The molecule has 19 heavy (non-hydrogen) atoms. The monoisotopic (exact) mass is 286 g/mol. The molecule has 0 radical (unpaired) electrons. The Balaban J connectivity index is 2.64. The van der Waals surface area contributed by atoms with Crippen molar-refractivity contribution in [2.75, 3.05) is 6.54 Å². The highest BCUT2D eigenvalue weighted by molar-refractivity contribution is 7.89. The van der Waals surface area contributed by atoms with E-state index < -0.39 is 16.0 Å². The molecule has 0 spiro atoms. The van der Waals surface area contributed by atoms with Gasteiger partial charge >= 0.3 is 5.97 Å². The van der Waals surface area contributed by atoms with Gasteiger partial charge in [0.1, 0.15) is 0 Å². The molecule has 0 fully saturated rings. The van der Waals surface area contributed by atoms with Gasteiger partial charge in [-0.25, -0.2) is 22.9 Å². The summed E-state index contributed by atoms with van der Waals surface area (Å²) >= 11 is 0. The summed E-state index contributed by atoms with van der Waals surface area (Å²) in [6.45, 7) is 4.49. The molecule has 0 aliphatic heterocycles. The van der Waals surface area contributed by atoms with Crippen LogP contribution in [0.4, 0.5) is 0 Å². The van der Waals surface area contributed by atoms with Gasteiger partial charge in [0, 0.05) is 12.7 Å². The number of hydrogen-bond donors (Lipinski definition) is 2. The molecule has 2 N–H and O–H groups in total. The zero-order valence-corrected chi connectivity index (χ0v) is 11.8. The molecule has 6 nitrogen and oxygen atoms in total. The van der Waals surface area contributed by atoms with E-state index in [1.807, 2.05) is 0 Å². The number of sulfonamides is 1.